The number of nitrogens with one attached hydrogen (secondary N) is 1. The van der Waals surface area contributed by atoms with E-state index in [0.717, 1.165) is 25.7 Å². The van der Waals surface area contributed by atoms with E-state index in [4.69, 9.17) is 0 Å². The predicted molar refractivity (Wildman–Crippen MR) is 83.4 cm³/mol. The Labute approximate surface area is 124 Å². The minimum absolute atomic E-state index is 0.0796. The van der Waals surface area contributed by atoms with Crippen LogP contribution in [-0.2, 0) is 4.79 Å². The summed E-state index contributed by atoms with van der Waals surface area (Å²) in [6.45, 7) is 6.67. The molecule has 0 aromatic rings. The molecule has 2 fully saturated rings. The van der Waals surface area contributed by atoms with Gasteiger partial charge in [0.05, 0.1) is 12.2 Å². The molecule has 0 aromatic carbocycles. The van der Waals surface area contributed by atoms with Crippen molar-refractivity contribution in [3.05, 3.63) is 0 Å². The minimum Gasteiger partial charge on any atom is -0.323 e. The van der Waals surface area contributed by atoms with Gasteiger partial charge in [-0.2, -0.15) is 0 Å². The average molecular weight is 280 g/mol. The molecule has 1 aliphatic heterocycles. The molecule has 1 saturated heterocycles. The zero-order valence-electron chi connectivity index (χ0n) is 13.5. The lowest BCUT2D eigenvalue weighted by Crippen LogP contribution is -2.49. The van der Waals surface area contributed by atoms with Gasteiger partial charge in [-0.3, -0.25) is 10.1 Å². The van der Waals surface area contributed by atoms with Crippen molar-refractivity contribution in [3.63, 3.8) is 0 Å². The van der Waals surface area contributed by atoms with Gasteiger partial charge >= 0.3 is 0 Å². The zero-order chi connectivity index (χ0) is 14.5. The van der Waals surface area contributed by atoms with Crippen molar-refractivity contribution < 1.29 is 4.79 Å². The van der Waals surface area contributed by atoms with Crippen LogP contribution in [-0.4, -0.2) is 29.1 Å². The standard InChI is InChI=1S/C17H32N2O/c1-4-9-14-17(20)19(16(18-14)10-5-2)15-12-8-7-11-13(15)6-3/h13-16,18H,4-12H2,1-3H3. The molecule has 3 nitrogen and oxygen atoms in total. The quantitative estimate of drug-likeness (QED) is 0.805. The highest BCUT2D eigenvalue weighted by atomic mass is 16.2. The summed E-state index contributed by atoms with van der Waals surface area (Å²) >= 11 is 0. The van der Waals surface area contributed by atoms with Crippen molar-refractivity contribution in [2.45, 2.75) is 96.8 Å². The summed E-state index contributed by atoms with van der Waals surface area (Å²) in [7, 11) is 0. The second-order valence-electron chi connectivity index (χ2n) is 6.58. The van der Waals surface area contributed by atoms with E-state index in [1.54, 1.807) is 0 Å². The molecular weight excluding hydrogens is 248 g/mol. The summed E-state index contributed by atoms with van der Waals surface area (Å²) < 4.78 is 0. The molecule has 0 spiro atoms. The van der Waals surface area contributed by atoms with Gasteiger partial charge in [0.25, 0.3) is 0 Å². The fourth-order valence-corrected chi connectivity index (χ4v) is 4.13. The Bertz CT molecular complexity index is 318. The summed E-state index contributed by atoms with van der Waals surface area (Å²) in [5.74, 6) is 1.10. The fraction of sp³-hybridized carbons (Fsp3) is 0.941. The highest BCUT2D eigenvalue weighted by Crippen LogP contribution is 2.34. The smallest absolute Gasteiger partial charge is 0.241 e. The second kappa shape index (κ2) is 7.44. The van der Waals surface area contributed by atoms with Crippen LogP contribution in [0.5, 0.6) is 0 Å². The molecule has 2 aliphatic rings. The molecule has 0 bridgehead atoms. The van der Waals surface area contributed by atoms with E-state index in [-0.39, 0.29) is 6.04 Å². The lowest BCUT2D eigenvalue weighted by molar-refractivity contribution is -0.134. The van der Waals surface area contributed by atoms with Crippen LogP contribution in [0.15, 0.2) is 0 Å². The number of amides is 1. The Balaban J connectivity index is 2.14. The van der Waals surface area contributed by atoms with E-state index in [9.17, 15) is 4.79 Å². The van der Waals surface area contributed by atoms with Gasteiger partial charge in [0.1, 0.15) is 0 Å². The van der Waals surface area contributed by atoms with Gasteiger partial charge in [0.2, 0.25) is 5.91 Å². The van der Waals surface area contributed by atoms with Crippen molar-refractivity contribution in [3.8, 4) is 0 Å². The molecule has 20 heavy (non-hydrogen) atoms. The summed E-state index contributed by atoms with van der Waals surface area (Å²) in [5, 5.41) is 3.61. The molecular formula is C17H32N2O. The molecule has 0 radical (unpaired) electrons. The number of hydrogen-bond acceptors (Lipinski definition) is 2. The van der Waals surface area contributed by atoms with Gasteiger partial charge in [0, 0.05) is 6.04 Å². The predicted octanol–water partition coefficient (Wildman–Crippen LogP) is 3.68. The molecule has 1 amide bonds. The number of carbonyl (C=O) groups excluding carboxylic acids is 1. The highest BCUT2D eigenvalue weighted by molar-refractivity contribution is 5.84. The van der Waals surface area contributed by atoms with E-state index in [1.165, 1.54) is 32.1 Å². The number of nitrogens with zero attached hydrogens (tertiary/aromatic N) is 1. The van der Waals surface area contributed by atoms with Gasteiger partial charge in [-0.05, 0) is 31.6 Å². The number of carbonyl (C=O) groups is 1. The minimum atomic E-state index is 0.0796. The first kappa shape index (κ1) is 15.8. The van der Waals surface area contributed by atoms with Gasteiger partial charge in [0.15, 0.2) is 0 Å². The summed E-state index contributed by atoms with van der Waals surface area (Å²) in [4.78, 5) is 15.1. The van der Waals surface area contributed by atoms with Crippen molar-refractivity contribution in [1.82, 2.24) is 10.2 Å². The van der Waals surface area contributed by atoms with Crippen LogP contribution in [0.4, 0.5) is 0 Å². The van der Waals surface area contributed by atoms with Crippen LogP contribution in [0.1, 0.15) is 78.6 Å². The van der Waals surface area contributed by atoms with Gasteiger partial charge < -0.3 is 4.90 Å². The molecule has 1 aliphatic carbocycles. The van der Waals surface area contributed by atoms with E-state index in [1.807, 2.05) is 0 Å². The third kappa shape index (κ3) is 3.19. The molecule has 4 unspecified atom stereocenters. The first-order valence-electron chi connectivity index (χ1n) is 8.81. The Morgan fingerprint density at radius 2 is 1.80 bits per heavy atom. The maximum Gasteiger partial charge on any atom is 0.241 e. The second-order valence-corrected chi connectivity index (χ2v) is 6.58. The van der Waals surface area contributed by atoms with E-state index < -0.39 is 0 Å². The van der Waals surface area contributed by atoms with Crippen LogP contribution in [0.2, 0.25) is 0 Å². The molecule has 3 heteroatoms. The maximum absolute atomic E-state index is 12.8. The molecule has 1 N–H and O–H groups in total. The monoisotopic (exact) mass is 280 g/mol. The van der Waals surface area contributed by atoms with Gasteiger partial charge in [-0.1, -0.05) is 52.9 Å². The van der Waals surface area contributed by atoms with Crippen molar-refractivity contribution >= 4 is 5.91 Å². The highest BCUT2D eigenvalue weighted by Gasteiger charge is 2.43. The normalized spacial score (nSPS) is 34.8. The van der Waals surface area contributed by atoms with E-state index >= 15 is 0 Å². The Morgan fingerprint density at radius 3 is 2.45 bits per heavy atom. The van der Waals surface area contributed by atoms with Crippen LogP contribution in [0.3, 0.4) is 0 Å². The van der Waals surface area contributed by atoms with Gasteiger partial charge in [-0.25, -0.2) is 0 Å². The maximum atomic E-state index is 12.8. The average Bonchev–Trinajstić information content (AvgIpc) is 2.76. The lowest BCUT2D eigenvalue weighted by atomic mass is 9.81. The van der Waals surface area contributed by atoms with Crippen LogP contribution in [0.25, 0.3) is 0 Å². The molecule has 1 heterocycles. The van der Waals surface area contributed by atoms with Crippen molar-refractivity contribution in [2.75, 3.05) is 0 Å². The molecule has 0 aromatic heterocycles. The topological polar surface area (TPSA) is 32.3 Å². The summed E-state index contributed by atoms with van der Waals surface area (Å²) in [5.41, 5.74) is 0. The summed E-state index contributed by atoms with van der Waals surface area (Å²) in [6, 6.07) is 0.572. The Hall–Kier alpha value is -0.570. The molecule has 2 rings (SSSR count). The molecule has 4 atom stereocenters. The Morgan fingerprint density at radius 1 is 1.10 bits per heavy atom. The van der Waals surface area contributed by atoms with Crippen molar-refractivity contribution in [2.24, 2.45) is 5.92 Å². The van der Waals surface area contributed by atoms with Gasteiger partial charge in [-0.15, -0.1) is 0 Å². The number of hydrogen-bond donors (Lipinski definition) is 1. The third-order valence-electron chi connectivity index (χ3n) is 5.17. The molecule has 1 saturated carbocycles. The molecule has 116 valence electrons. The first-order chi connectivity index (χ1) is 9.72. The zero-order valence-corrected chi connectivity index (χ0v) is 13.5. The lowest BCUT2D eigenvalue weighted by Gasteiger charge is -2.40. The SMILES string of the molecule is CCCC1NC(CCC)N(C2CCCCC2CC)C1=O. The van der Waals surface area contributed by atoms with Crippen LogP contribution >= 0.6 is 0 Å². The van der Waals surface area contributed by atoms with Crippen LogP contribution in [0, 0.1) is 5.92 Å². The first-order valence-corrected chi connectivity index (χ1v) is 8.81. The third-order valence-corrected chi connectivity index (χ3v) is 5.17. The number of rotatable bonds is 6. The Kier molecular flexibility index (Phi) is 5.88. The van der Waals surface area contributed by atoms with E-state index in [2.05, 4.69) is 31.0 Å². The van der Waals surface area contributed by atoms with E-state index in [0.29, 0.717) is 24.0 Å². The summed E-state index contributed by atoms with van der Waals surface area (Å²) in [6.07, 6.45) is 11.0. The van der Waals surface area contributed by atoms with Crippen molar-refractivity contribution in [1.29, 1.82) is 0 Å². The largest absolute Gasteiger partial charge is 0.323 e. The fourth-order valence-electron chi connectivity index (χ4n) is 4.13. The van der Waals surface area contributed by atoms with Crippen LogP contribution < -0.4 is 5.32 Å².